The van der Waals surface area contributed by atoms with Crippen molar-refractivity contribution in [3.05, 3.63) is 48.2 Å². The fourth-order valence-electron chi connectivity index (χ4n) is 2.14. The van der Waals surface area contributed by atoms with Crippen LogP contribution in [0.3, 0.4) is 0 Å². The van der Waals surface area contributed by atoms with Gasteiger partial charge < -0.3 is 15.4 Å². The van der Waals surface area contributed by atoms with Gasteiger partial charge in [-0.3, -0.25) is 0 Å². The van der Waals surface area contributed by atoms with Gasteiger partial charge in [0, 0.05) is 18.8 Å². The van der Waals surface area contributed by atoms with Gasteiger partial charge in [-0.25, -0.2) is 4.98 Å². The summed E-state index contributed by atoms with van der Waals surface area (Å²) in [5.74, 6) is 1.73. The maximum atomic E-state index is 5.83. The molecule has 20 heavy (non-hydrogen) atoms. The third-order valence-electron chi connectivity index (χ3n) is 3.10. The van der Waals surface area contributed by atoms with Crippen LogP contribution in [0.4, 0.5) is 11.5 Å². The smallest absolute Gasteiger partial charge is 0.137 e. The van der Waals surface area contributed by atoms with Crippen molar-refractivity contribution in [1.82, 2.24) is 4.98 Å². The molecule has 2 N–H and O–H groups in total. The second kappa shape index (κ2) is 6.80. The molecule has 0 unspecified atom stereocenters. The molecular weight excluding hydrogens is 250 g/mol. The van der Waals surface area contributed by atoms with Crippen LogP contribution < -0.4 is 15.4 Å². The highest BCUT2D eigenvalue weighted by atomic mass is 16.5. The number of ether oxygens (including phenoxy) is 1. The Morgan fingerprint density at radius 2 is 2.10 bits per heavy atom. The Labute approximate surface area is 120 Å². The normalized spacial score (nSPS) is 10.3. The fraction of sp³-hybridized carbons (Fsp3) is 0.312. The summed E-state index contributed by atoms with van der Waals surface area (Å²) in [7, 11) is 1.65. The number of benzene rings is 1. The monoisotopic (exact) mass is 271 g/mol. The Morgan fingerprint density at radius 3 is 2.70 bits per heavy atom. The van der Waals surface area contributed by atoms with Crippen molar-refractivity contribution >= 4 is 11.5 Å². The fourth-order valence-corrected chi connectivity index (χ4v) is 2.14. The van der Waals surface area contributed by atoms with E-state index >= 15 is 0 Å². The average Bonchev–Trinajstić information content (AvgIpc) is 2.47. The van der Waals surface area contributed by atoms with Gasteiger partial charge in [-0.2, -0.15) is 0 Å². The average molecular weight is 271 g/mol. The maximum Gasteiger partial charge on any atom is 0.137 e. The van der Waals surface area contributed by atoms with E-state index in [9.17, 15) is 0 Å². The highest BCUT2D eigenvalue weighted by molar-refractivity contribution is 5.45. The first kappa shape index (κ1) is 14.2. The molecule has 1 aromatic carbocycles. The predicted molar refractivity (Wildman–Crippen MR) is 83.0 cm³/mol. The van der Waals surface area contributed by atoms with Gasteiger partial charge in [-0.15, -0.1) is 0 Å². The minimum atomic E-state index is 0.772. The van der Waals surface area contributed by atoms with E-state index in [0.717, 1.165) is 36.8 Å². The van der Waals surface area contributed by atoms with Gasteiger partial charge in [0.15, 0.2) is 0 Å². The second-order valence-corrected chi connectivity index (χ2v) is 4.72. The third kappa shape index (κ3) is 3.63. The largest absolute Gasteiger partial charge is 0.495 e. The van der Waals surface area contributed by atoms with E-state index in [1.807, 2.05) is 30.3 Å². The number of nitrogens with zero attached hydrogens (tertiary/aromatic N) is 2. The quantitative estimate of drug-likeness (QED) is 0.820. The highest BCUT2D eigenvalue weighted by Crippen LogP contribution is 2.19. The summed E-state index contributed by atoms with van der Waals surface area (Å²) in [6.45, 7) is 3.92. The van der Waals surface area contributed by atoms with Crippen molar-refractivity contribution in [1.29, 1.82) is 0 Å². The van der Waals surface area contributed by atoms with Crippen LogP contribution in [0.25, 0.3) is 0 Å². The molecule has 0 amide bonds. The van der Waals surface area contributed by atoms with Crippen LogP contribution in [0.15, 0.2) is 42.6 Å². The molecule has 2 rings (SSSR count). The Bertz CT molecular complexity index is 540. The molecule has 0 saturated heterocycles. The predicted octanol–water partition coefficient (Wildman–Crippen LogP) is 3.09. The zero-order chi connectivity index (χ0) is 14.4. The van der Waals surface area contributed by atoms with Crippen molar-refractivity contribution in [2.75, 3.05) is 24.3 Å². The number of nitrogen functional groups attached to an aromatic ring is 1. The van der Waals surface area contributed by atoms with E-state index in [1.54, 1.807) is 13.3 Å². The first-order valence-electron chi connectivity index (χ1n) is 6.82. The van der Waals surface area contributed by atoms with E-state index in [2.05, 4.69) is 22.9 Å². The van der Waals surface area contributed by atoms with Crippen LogP contribution in [0.1, 0.15) is 18.9 Å². The third-order valence-corrected chi connectivity index (χ3v) is 3.10. The molecule has 0 aliphatic carbocycles. The molecule has 1 aromatic heterocycles. The Balaban J connectivity index is 2.17. The molecule has 1 heterocycles. The molecule has 4 heteroatoms. The molecule has 106 valence electrons. The maximum absolute atomic E-state index is 5.83. The highest BCUT2D eigenvalue weighted by Gasteiger charge is 2.08. The first-order valence-corrected chi connectivity index (χ1v) is 6.82. The Morgan fingerprint density at radius 1 is 1.25 bits per heavy atom. The number of methoxy groups -OCH3 is 1. The van der Waals surface area contributed by atoms with Crippen LogP contribution >= 0.6 is 0 Å². The van der Waals surface area contributed by atoms with Crippen molar-refractivity contribution in [2.24, 2.45) is 0 Å². The Kier molecular flexibility index (Phi) is 4.82. The van der Waals surface area contributed by atoms with Crippen LogP contribution in [0.5, 0.6) is 5.75 Å². The molecule has 0 aliphatic heterocycles. The van der Waals surface area contributed by atoms with E-state index in [1.165, 1.54) is 5.56 Å². The van der Waals surface area contributed by atoms with Gasteiger partial charge in [0.2, 0.25) is 0 Å². The number of anilines is 2. The summed E-state index contributed by atoms with van der Waals surface area (Å²) in [6, 6.07) is 11.9. The zero-order valence-electron chi connectivity index (χ0n) is 12.0. The number of pyridine rings is 1. The van der Waals surface area contributed by atoms with E-state index in [-0.39, 0.29) is 0 Å². The molecule has 0 radical (unpaired) electrons. The SMILES string of the molecule is CCCN(Cc1cccc(N)c1)c1ccc(OC)cn1. The van der Waals surface area contributed by atoms with Gasteiger partial charge in [0.05, 0.1) is 13.3 Å². The van der Waals surface area contributed by atoms with Crippen molar-refractivity contribution in [2.45, 2.75) is 19.9 Å². The van der Waals surface area contributed by atoms with E-state index in [4.69, 9.17) is 10.5 Å². The van der Waals surface area contributed by atoms with Crippen molar-refractivity contribution in [3.8, 4) is 5.75 Å². The van der Waals surface area contributed by atoms with Gasteiger partial charge in [-0.1, -0.05) is 19.1 Å². The Hall–Kier alpha value is -2.23. The second-order valence-electron chi connectivity index (χ2n) is 4.72. The van der Waals surface area contributed by atoms with Crippen molar-refractivity contribution < 1.29 is 4.74 Å². The number of aromatic nitrogens is 1. The molecule has 0 fully saturated rings. The lowest BCUT2D eigenvalue weighted by atomic mass is 10.2. The van der Waals surface area contributed by atoms with Crippen LogP contribution in [0.2, 0.25) is 0 Å². The van der Waals surface area contributed by atoms with Gasteiger partial charge >= 0.3 is 0 Å². The summed E-state index contributed by atoms with van der Waals surface area (Å²) in [5.41, 5.74) is 7.82. The van der Waals surface area contributed by atoms with Crippen molar-refractivity contribution in [3.63, 3.8) is 0 Å². The lowest BCUT2D eigenvalue weighted by Gasteiger charge is -2.23. The van der Waals surface area contributed by atoms with Crippen LogP contribution in [0, 0.1) is 0 Å². The van der Waals surface area contributed by atoms with Crippen LogP contribution in [-0.2, 0) is 6.54 Å². The lowest BCUT2D eigenvalue weighted by Crippen LogP contribution is -2.24. The molecular formula is C16H21N3O. The number of hydrogen-bond donors (Lipinski definition) is 1. The number of nitrogens with two attached hydrogens (primary N) is 1. The molecule has 0 saturated carbocycles. The summed E-state index contributed by atoms with van der Waals surface area (Å²) < 4.78 is 5.15. The zero-order valence-corrected chi connectivity index (χ0v) is 12.0. The molecule has 4 nitrogen and oxygen atoms in total. The summed E-state index contributed by atoms with van der Waals surface area (Å²) in [4.78, 5) is 6.70. The molecule has 0 atom stereocenters. The number of hydrogen-bond acceptors (Lipinski definition) is 4. The minimum absolute atomic E-state index is 0.772. The lowest BCUT2D eigenvalue weighted by molar-refractivity contribution is 0.413. The summed E-state index contributed by atoms with van der Waals surface area (Å²) in [6.07, 6.45) is 2.81. The topological polar surface area (TPSA) is 51.4 Å². The minimum Gasteiger partial charge on any atom is -0.495 e. The first-order chi connectivity index (χ1) is 9.72. The van der Waals surface area contributed by atoms with E-state index in [0.29, 0.717) is 0 Å². The number of rotatable bonds is 6. The van der Waals surface area contributed by atoms with Gasteiger partial charge in [-0.05, 0) is 36.2 Å². The van der Waals surface area contributed by atoms with Gasteiger partial charge in [0.1, 0.15) is 11.6 Å². The molecule has 0 spiro atoms. The standard InChI is InChI=1S/C16H21N3O/c1-3-9-19(12-13-5-4-6-14(17)10-13)16-8-7-15(20-2)11-18-16/h4-8,10-11H,3,9,12,17H2,1-2H3. The molecule has 2 aromatic rings. The molecule has 0 bridgehead atoms. The molecule has 0 aliphatic rings. The van der Waals surface area contributed by atoms with Gasteiger partial charge in [0.25, 0.3) is 0 Å². The van der Waals surface area contributed by atoms with E-state index < -0.39 is 0 Å². The summed E-state index contributed by atoms with van der Waals surface area (Å²) in [5, 5.41) is 0. The summed E-state index contributed by atoms with van der Waals surface area (Å²) >= 11 is 0. The van der Waals surface area contributed by atoms with Crippen LogP contribution in [-0.4, -0.2) is 18.6 Å².